The van der Waals surface area contributed by atoms with Crippen molar-refractivity contribution >= 4 is 17.7 Å². The third-order valence-corrected chi connectivity index (χ3v) is 3.94. The van der Waals surface area contributed by atoms with Gasteiger partial charge in [-0.3, -0.25) is 0 Å². The van der Waals surface area contributed by atoms with Crippen molar-refractivity contribution in [3.8, 4) is 11.5 Å². The highest BCUT2D eigenvalue weighted by Gasteiger charge is 2.00. The Bertz CT molecular complexity index is 833. The molecule has 24 heavy (non-hydrogen) atoms. The molecule has 0 radical (unpaired) electrons. The van der Waals surface area contributed by atoms with E-state index >= 15 is 0 Å². The maximum absolute atomic E-state index is 5.88. The van der Waals surface area contributed by atoms with Crippen LogP contribution in [-0.2, 0) is 6.54 Å². The average molecular weight is 339 g/mol. The van der Waals surface area contributed by atoms with Gasteiger partial charge in [0.1, 0.15) is 17.3 Å². The molecule has 0 aliphatic rings. The van der Waals surface area contributed by atoms with Gasteiger partial charge in [-0.25, -0.2) is 4.98 Å². The molecule has 0 aliphatic heterocycles. The van der Waals surface area contributed by atoms with Gasteiger partial charge >= 0.3 is 0 Å². The van der Waals surface area contributed by atoms with Gasteiger partial charge in [0.05, 0.1) is 0 Å². The van der Waals surface area contributed by atoms with E-state index in [1.54, 1.807) is 0 Å². The summed E-state index contributed by atoms with van der Waals surface area (Å²) < 4.78 is 7.93. The van der Waals surface area contributed by atoms with Gasteiger partial charge in [0.15, 0.2) is 0 Å². The second-order valence-corrected chi connectivity index (χ2v) is 6.15. The lowest BCUT2D eigenvalue weighted by atomic mass is 10.1. The Morgan fingerprint density at radius 1 is 1.08 bits per heavy atom. The molecule has 0 amide bonds. The smallest absolute Gasteiger partial charge is 0.127 e. The minimum absolute atomic E-state index is 0.700. The Hall–Kier alpha value is -2.52. The molecular formula is C20H19ClN2O. The zero-order valence-electron chi connectivity index (χ0n) is 13.7. The fourth-order valence-corrected chi connectivity index (χ4v) is 2.57. The average Bonchev–Trinajstić information content (AvgIpc) is 2.96. The van der Waals surface area contributed by atoms with Gasteiger partial charge in [-0.2, -0.15) is 0 Å². The van der Waals surface area contributed by atoms with Gasteiger partial charge in [-0.1, -0.05) is 35.4 Å². The van der Waals surface area contributed by atoms with Crippen LogP contribution in [0.1, 0.15) is 18.3 Å². The molecule has 0 bridgehead atoms. The van der Waals surface area contributed by atoms with E-state index in [4.69, 9.17) is 16.3 Å². The van der Waals surface area contributed by atoms with Crippen molar-refractivity contribution in [3.05, 3.63) is 82.9 Å². The molecule has 3 aromatic rings. The topological polar surface area (TPSA) is 27.1 Å². The molecule has 122 valence electrons. The van der Waals surface area contributed by atoms with E-state index in [2.05, 4.69) is 34.7 Å². The molecule has 0 spiro atoms. The van der Waals surface area contributed by atoms with Crippen LogP contribution in [-0.4, -0.2) is 9.55 Å². The summed E-state index contributed by atoms with van der Waals surface area (Å²) >= 11 is 5.88. The van der Waals surface area contributed by atoms with E-state index in [0.29, 0.717) is 5.02 Å². The van der Waals surface area contributed by atoms with Crippen LogP contribution in [0, 0.1) is 6.92 Å². The summed E-state index contributed by atoms with van der Waals surface area (Å²) in [7, 11) is 0. The van der Waals surface area contributed by atoms with Crippen molar-refractivity contribution in [2.75, 3.05) is 0 Å². The Labute approximate surface area is 147 Å². The lowest BCUT2D eigenvalue weighted by Crippen LogP contribution is -2.00. The SMILES string of the molecule is CC(=Cc1ccc(Oc2ccc(Cl)cc2)cc1)Cn1ccnc1C. The predicted octanol–water partition coefficient (Wildman–Crippen LogP) is 5.74. The van der Waals surface area contributed by atoms with Crippen molar-refractivity contribution in [3.63, 3.8) is 0 Å². The number of halogens is 1. The first-order valence-electron chi connectivity index (χ1n) is 7.78. The van der Waals surface area contributed by atoms with Crippen molar-refractivity contribution < 1.29 is 4.74 Å². The second kappa shape index (κ2) is 7.37. The largest absolute Gasteiger partial charge is 0.457 e. The number of aromatic nitrogens is 2. The molecule has 1 aromatic heterocycles. The number of allylic oxidation sites excluding steroid dienone is 1. The monoisotopic (exact) mass is 338 g/mol. The molecule has 1 heterocycles. The van der Waals surface area contributed by atoms with Crippen LogP contribution in [0.3, 0.4) is 0 Å². The lowest BCUT2D eigenvalue weighted by molar-refractivity contribution is 0.482. The third-order valence-electron chi connectivity index (χ3n) is 3.69. The minimum Gasteiger partial charge on any atom is -0.457 e. The van der Waals surface area contributed by atoms with E-state index in [1.165, 1.54) is 5.57 Å². The van der Waals surface area contributed by atoms with Crippen molar-refractivity contribution in [2.45, 2.75) is 20.4 Å². The summed E-state index contributed by atoms with van der Waals surface area (Å²) in [5, 5.41) is 0.700. The molecule has 0 N–H and O–H groups in total. The molecule has 4 heteroatoms. The first-order chi connectivity index (χ1) is 11.6. The van der Waals surface area contributed by atoms with E-state index in [0.717, 1.165) is 29.4 Å². The Kier molecular flexibility index (Phi) is 5.02. The normalized spacial score (nSPS) is 11.5. The van der Waals surface area contributed by atoms with E-state index in [-0.39, 0.29) is 0 Å². The number of benzene rings is 2. The number of ether oxygens (including phenoxy) is 1. The molecule has 3 nitrogen and oxygen atoms in total. The maximum Gasteiger partial charge on any atom is 0.127 e. The van der Waals surface area contributed by atoms with Gasteiger partial charge in [0.25, 0.3) is 0 Å². The molecule has 0 aliphatic carbocycles. The van der Waals surface area contributed by atoms with Crippen LogP contribution >= 0.6 is 11.6 Å². The van der Waals surface area contributed by atoms with Gasteiger partial charge in [0, 0.05) is 24.0 Å². The number of hydrogen-bond donors (Lipinski definition) is 0. The van der Waals surface area contributed by atoms with E-state index in [1.807, 2.05) is 55.7 Å². The van der Waals surface area contributed by atoms with Crippen LogP contribution in [0.5, 0.6) is 11.5 Å². The predicted molar refractivity (Wildman–Crippen MR) is 98.6 cm³/mol. The van der Waals surface area contributed by atoms with Gasteiger partial charge < -0.3 is 9.30 Å². The first-order valence-corrected chi connectivity index (χ1v) is 8.16. The quantitative estimate of drug-likeness (QED) is 0.593. The zero-order chi connectivity index (χ0) is 16.9. The molecule has 0 fully saturated rings. The Morgan fingerprint density at radius 2 is 1.71 bits per heavy atom. The highest BCUT2D eigenvalue weighted by atomic mass is 35.5. The van der Waals surface area contributed by atoms with Crippen molar-refractivity contribution in [2.24, 2.45) is 0 Å². The van der Waals surface area contributed by atoms with Crippen LogP contribution in [0.15, 0.2) is 66.5 Å². The standard InChI is InChI=1S/C20H19ClN2O/c1-15(14-23-12-11-22-16(23)2)13-17-3-7-19(8-4-17)24-20-9-5-18(21)6-10-20/h3-13H,14H2,1-2H3. The molecule has 3 rings (SSSR count). The summed E-state index contributed by atoms with van der Waals surface area (Å²) in [6, 6.07) is 15.4. The number of rotatable bonds is 5. The Morgan fingerprint density at radius 3 is 2.29 bits per heavy atom. The van der Waals surface area contributed by atoms with Crippen molar-refractivity contribution in [1.29, 1.82) is 0 Å². The van der Waals surface area contributed by atoms with Crippen LogP contribution in [0.25, 0.3) is 6.08 Å². The molecule has 2 aromatic carbocycles. The second-order valence-electron chi connectivity index (χ2n) is 5.72. The fraction of sp³-hybridized carbons (Fsp3) is 0.150. The summed E-state index contributed by atoms with van der Waals surface area (Å²) in [6.07, 6.45) is 5.99. The van der Waals surface area contributed by atoms with Crippen molar-refractivity contribution in [1.82, 2.24) is 9.55 Å². The maximum atomic E-state index is 5.88. The lowest BCUT2D eigenvalue weighted by Gasteiger charge is -2.07. The summed E-state index contributed by atoms with van der Waals surface area (Å²) in [6.45, 7) is 4.97. The van der Waals surface area contributed by atoms with Crippen LogP contribution in [0.4, 0.5) is 0 Å². The van der Waals surface area contributed by atoms with Crippen LogP contribution < -0.4 is 4.74 Å². The number of imidazole rings is 1. The van der Waals surface area contributed by atoms with Crippen LogP contribution in [0.2, 0.25) is 5.02 Å². The van der Waals surface area contributed by atoms with Gasteiger partial charge in [-0.15, -0.1) is 0 Å². The van der Waals surface area contributed by atoms with Gasteiger partial charge in [-0.05, 0) is 55.8 Å². The Balaban J connectivity index is 1.66. The first kappa shape index (κ1) is 16.3. The highest BCUT2D eigenvalue weighted by molar-refractivity contribution is 6.30. The molecule has 0 unspecified atom stereocenters. The molecule has 0 saturated carbocycles. The summed E-state index contributed by atoms with van der Waals surface area (Å²) in [5.41, 5.74) is 2.41. The molecule has 0 atom stereocenters. The highest BCUT2D eigenvalue weighted by Crippen LogP contribution is 2.23. The molecule has 0 saturated heterocycles. The zero-order valence-corrected chi connectivity index (χ0v) is 14.5. The summed E-state index contributed by atoms with van der Waals surface area (Å²) in [5.74, 6) is 2.60. The summed E-state index contributed by atoms with van der Waals surface area (Å²) in [4.78, 5) is 4.24. The van der Waals surface area contributed by atoms with E-state index < -0.39 is 0 Å². The third kappa shape index (κ3) is 4.27. The van der Waals surface area contributed by atoms with Gasteiger partial charge in [0.2, 0.25) is 0 Å². The van der Waals surface area contributed by atoms with E-state index in [9.17, 15) is 0 Å². The number of hydrogen-bond acceptors (Lipinski definition) is 2. The number of nitrogens with zero attached hydrogens (tertiary/aromatic N) is 2. The molecular weight excluding hydrogens is 320 g/mol. The fourth-order valence-electron chi connectivity index (χ4n) is 2.44. The number of aryl methyl sites for hydroxylation is 1. The minimum atomic E-state index is 0.700.